The average Bonchev–Trinajstić information content (AvgIpc) is 3.23. The zero-order chi connectivity index (χ0) is 28.5. The molecule has 4 N–H and O–H groups in total. The highest BCUT2D eigenvalue weighted by molar-refractivity contribution is 6.31. The lowest BCUT2D eigenvalue weighted by Crippen LogP contribution is -2.43. The van der Waals surface area contributed by atoms with Gasteiger partial charge in [0.1, 0.15) is 5.82 Å². The monoisotopic (exact) mass is 567 g/mol. The topological polar surface area (TPSA) is 90.5 Å². The molecule has 38 heavy (non-hydrogen) atoms. The van der Waals surface area contributed by atoms with Crippen LogP contribution in [0.15, 0.2) is 42.5 Å². The lowest BCUT2D eigenvalue weighted by Gasteiger charge is -2.30. The van der Waals surface area contributed by atoms with E-state index in [1.165, 1.54) is 6.07 Å². The SMILES string of the molecule is CC.CC(C)(C)CC1NCC(c2cccc(Cl)c2F)C1C(=O)Nc1cccc(Cl)c1.O=CNC1CC(O)C1. The van der Waals surface area contributed by atoms with Crippen molar-refractivity contribution in [3.05, 3.63) is 63.9 Å². The Hall–Kier alpha value is -2.19. The van der Waals surface area contributed by atoms with E-state index in [9.17, 15) is 14.0 Å². The maximum Gasteiger partial charge on any atom is 0.229 e. The van der Waals surface area contributed by atoms with Crippen molar-refractivity contribution >= 4 is 41.2 Å². The van der Waals surface area contributed by atoms with E-state index in [0.717, 1.165) is 19.3 Å². The van der Waals surface area contributed by atoms with Crippen LogP contribution < -0.4 is 16.0 Å². The maximum atomic E-state index is 14.7. The molecule has 6 nitrogen and oxygen atoms in total. The summed E-state index contributed by atoms with van der Waals surface area (Å²) in [4.78, 5) is 23.0. The molecule has 1 aliphatic carbocycles. The number of carbonyl (C=O) groups excluding carboxylic acids is 2. The highest BCUT2D eigenvalue weighted by Gasteiger charge is 2.44. The molecule has 0 bridgehead atoms. The van der Waals surface area contributed by atoms with E-state index in [2.05, 4.69) is 36.7 Å². The first kappa shape index (κ1) is 32.0. The average molecular weight is 569 g/mol. The van der Waals surface area contributed by atoms with E-state index >= 15 is 0 Å². The Labute approximate surface area is 235 Å². The highest BCUT2D eigenvalue weighted by Crippen LogP contribution is 2.39. The minimum Gasteiger partial charge on any atom is -0.393 e. The van der Waals surface area contributed by atoms with E-state index in [1.807, 2.05) is 13.8 Å². The molecule has 2 aromatic carbocycles. The Balaban J connectivity index is 0.000000428. The van der Waals surface area contributed by atoms with Crippen LogP contribution in [-0.4, -0.2) is 42.2 Å². The van der Waals surface area contributed by atoms with Gasteiger partial charge >= 0.3 is 0 Å². The van der Waals surface area contributed by atoms with Crippen LogP contribution in [0, 0.1) is 17.2 Å². The standard InChI is InChI=1S/C22H25Cl2FN2O.C5H9NO2.C2H6/c1-22(2,3)11-18-19(21(28)27-14-7-4-6-13(23)10-14)16(12-26-18)15-8-5-9-17(24)20(15)25;7-3-6-4-1-5(8)2-4;1-2/h4-10,16,18-19,26H,11-12H2,1-3H3,(H,27,28);3-5,8H,1-2H2,(H,6,7);1-2H3. The number of benzene rings is 2. The van der Waals surface area contributed by atoms with Crippen LogP contribution in [-0.2, 0) is 9.59 Å². The Bertz CT molecular complexity index is 1060. The summed E-state index contributed by atoms with van der Waals surface area (Å²) in [6.45, 7) is 10.9. The maximum absolute atomic E-state index is 14.7. The van der Waals surface area contributed by atoms with Crippen LogP contribution in [0.5, 0.6) is 0 Å². The summed E-state index contributed by atoms with van der Waals surface area (Å²) < 4.78 is 14.7. The molecule has 3 atom stereocenters. The molecule has 1 saturated carbocycles. The lowest BCUT2D eigenvalue weighted by molar-refractivity contribution is -0.120. The number of nitrogens with one attached hydrogen (secondary N) is 3. The molecule has 0 aromatic heterocycles. The second-order valence-corrected chi connectivity index (χ2v) is 11.5. The molecule has 0 radical (unpaired) electrons. The number of halogens is 3. The Morgan fingerprint density at radius 1 is 1.16 bits per heavy atom. The van der Waals surface area contributed by atoms with Crippen molar-refractivity contribution in [3.63, 3.8) is 0 Å². The zero-order valence-electron chi connectivity index (χ0n) is 22.7. The molecule has 4 rings (SSSR count). The summed E-state index contributed by atoms with van der Waals surface area (Å²) in [7, 11) is 0. The molecule has 2 aliphatic rings. The van der Waals surface area contributed by atoms with Gasteiger partial charge in [-0.25, -0.2) is 4.39 Å². The smallest absolute Gasteiger partial charge is 0.229 e. The van der Waals surface area contributed by atoms with Gasteiger partial charge in [0.25, 0.3) is 0 Å². The minimum atomic E-state index is -0.451. The van der Waals surface area contributed by atoms with Crippen molar-refractivity contribution in [1.29, 1.82) is 0 Å². The van der Waals surface area contributed by atoms with Crippen LogP contribution in [0.2, 0.25) is 10.0 Å². The van der Waals surface area contributed by atoms with Crippen LogP contribution in [0.1, 0.15) is 65.4 Å². The van der Waals surface area contributed by atoms with Crippen LogP contribution >= 0.6 is 23.2 Å². The van der Waals surface area contributed by atoms with Crippen LogP contribution in [0.4, 0.5) is 10.1 Å². The second-order valence-electron chi connectivity index (χ2n) is 10.7. The molecule has 210 valence electrons. The molecule has 2 fully saturated rings. The van der Waals surface area contributed by atoms with Gasteiger partial charge in [0, 0.05) is 35.3 Å². The van der Waals surface area contributed by atoms with Crippen LogP contribution in [0.25, 0.3) is 0 Å². The molecular weight excluding hydrogens is 528 g/mol. The third-order valence-corrected chi connectivity index (χ3v) is 7.02. The summed E-state index contributed by atoms with van der Waals surface area (Å²) in [6, 6.07) is 12.2. The van der Waals surface area contributed by atoms with Gasteiger partial charge in [-0.3, -0.25) is 9.59 Å². The van der Waals surface area contributed by atoms with E-state index in [0.29, 0.717) is 29.2 Å². The van der Waals surface area contributed by atoms with E-state index in [4.69, 9.17) is 28.3 Å². The first-order valence-corrected chi connectivity index (χ1v) is 13.9. The summed E-state index contributed by atoms with van der Waals surface area (Å²) in [5.74, 6) is -1.32. The summed E-state index contributed by atoms with van der Waals surface area (Å²) in [5.41, 5.74) is 1.13. The number of amides is 2. The largest absolute Gasteiger partial charge is 0.393 e. The summed E-state index contributed by atoms with van der Waals surface area (Å²) in [5, 5.41) is 18.3. The van der Waals surface area contributed by atoms with Gasteiger partial charge in [0.15, 0.2) is 0 Å². The number of hydrogen-bond donors (Lipinski definition) is 4. The lowest BCUT2D eigenvalue weighted by atomic mass is 9.78. The second kappa shape index (κ2) is 14.8. The van der Waals surface area contributed by atoms with Gasteiger partial charge < -0.3 is 21.1 Å². The van der Waals surface area contributed by atoms with Gasteiger partial charge in [0.2, 0.25) is 12.3 Å². The van der Waals surface area contributed by atoms with Crippen molar-refractivity contribution in [1.82, 2.24) is 10.6 Å². The number of rotatable bonds is 6. The number of carbonyl (C=O) groups is 2. The summed E-state index contributed by atoms with van der Waals surface area (Å²) >= 11 is 12.0. The number of anilines is 1. The van der Waals surface area contributed by atoms with Crippen LogP contribution in [0.3, 0.4) is 0 Å². The van der Waals surface area contributed by atoms with Gasteiger partial charge in [0.05, 0.1) is 17.0 Å². The highest BCUT2D eigenvalue weighted by atomic mass is 35.5. The molecule has 2 aromatic rings. The first-order valence-electron chi connectivity index (χ1n) is 13.1. The van der Waals surface area contributed by atoms with Crippen molar-refractivity contribution in [3.8, 4) is 0 Å². The van der Waals surface area contributed by atoms with Crippen molar-refractivity contribution < 1.29 is 19.1 Å². The molecule has 1 saturated heterocycles. The molecule has 2 amide bonds. The van der Waals surface area contributed by atoms with Crippen molar-refractivity contribution in [2.75, 3.05) is 11.9 Å². The normalized spacial score (nSPS) is 24.1. The Kier molecular flexibility index (Phi) is 12.5. The number of aliphatic hydroxyl groups excluding tert-OH is 1. The van der Waals surface area contributed by atoms with Crippen molar-refractivity contribution in [2.24, 2.45) is 11.3 Å². The van der Waals surface area contributed by atoms with Crippen molar-refractivity contribution in [2.45, 2.75) is 78.0 Å². The van der Waals surface area contributed by atoms with Gasteiger partial charge in [-0.15, -0.1) is 0 Å². The van der Waals surface area contributed by atoms with E-state index < -0.39 is 11.7 Å². The third kappa shape index (κ3) is 9.23. The Morgan fingerprint density at radius 3 is 2.39 bits per heavy atom. The third-order valence-electron chi connectivity index (χ3n) is 6.49. The molecule has 0 spiro atoms. The van der Waals surface area contributed by atoms with Gasteiger partial charge in [-0.2, -0.15) is 0 Å². The fraction of sp³-hybridized carbons (Fsp3) is 0.517. The molecule has 1 aliphatic heterocycles. The number of hydrogen-bond acceptors (Lipinski definition) is 4. The number of aliphatic hydroxyl groups is 1. The van der Waals surface area contributed by atoms with E-state index in [-0.39, 0.29) is 40.5 Å². The minimum absolute atomic E-state index is 0.0218. The Morgan fingerprint density at radius 2 is 1.82 bits per heavy atom. The summed E-state index contributed by atoms with van der Waals surface area (Å²) in [6.07, 6.45) is 2.74. The van der Waals surface area contributed by atoms with E-state index in [1.54, 1.807) is 36.4 Å². The van der Waals surface area contributed by atoms with Gasteiger partial charge in [-0.1, -0.05) is 76.0 Å². The van der Waals surface area contributed by atoms with Gasteiger partial charge in [-0.05, 0) is 54.5 Å². The first-order chi connectivity index (χ1) is 18.0. The molecule has 1 heterocycles. The quantitative estimate of drug-likeness (QED) is 0.314. The molecule has 9 heteroatoms. The predicted octanol–water partition coefficient (Wildman–Crippen LogP) is 6.16. The fourth-order valence-electron chi connectivity index (χ4n) is 4.76. The molecule has 3 unspecified atom stereocenters. The fourth-order valence-corrected chi connectivity index (χ4v) is 5.13. The zero-order valence-corrected chi connectivity index (χ0v) is 24.2. The predicted molar refractivity (Wildman–Crippen MR) is 153 cm³/mol. The molecular formula is C29H40Cl2FN3O3.